The number of hydrogen-bond donors (Lipinski definition) is 1. The number of halogens is 1. The van der Waals surface area contributed by atoms with Gasteiger partial charge in [-0.05, 0) is 48.1 Å². The SMILES string of the molecule is O=C(N/C(=C\c1ccc(Cl)cc1)c1nn(CN2CCOCC2)c(=S)o1)c1ccccc1. The molecule has 4 rings (SSSR count). The number of aromatic nitrogens is 2. The highest BCUT2D eigenvalue weighted by Crippen LogP contribution is 2.18. The second kappa shape index (κ2) is 10.0. The molecule has 2 aromatic carbocycles. The van der Waals surface area contributed by atoms with Gasteiger partial charge in [-0.1, -0.05) is 41.9 Å². The second-order valence-corrected chi connectivity index (χ2v) is 7.76. The van der Waals surface area contributed by atoms with E-state index in [-0.39, 0.29) is 16.6 Å². The van der Waals surface area contributed by atoms with E-state index < -0.39 is 0 Å². The summed E-state index contributed by atoms with van der Waals surface area (Å²) < 4.78 is 12.7. The molecule has 3 aromatic rings. The number of rotatable bonds is 6. The van der Waals surface area contributed by atoms with E-state index in [1.165, 1.54) is 0 Å². The van der Waals surface area contributed by atoms with Crippen molar-refractivity contribution in [2.75, 3.05) is 26.3 Å². The topological polar surface area (TPSA) is 72.5 Å². The summed E-state index contributed by atoms with van der Waals surface area (Å²) in [6, 6.07) is 16.2. The number of benzene rings is 2. The average molecular weight is 457 g/mol. The monoisotopic (exact) mass is 456 g/mol. The third-order valence-electron chi connectivity index (χ3n) is 4.74. The third kappa shape index (κ3) is 5.68. The standard InChI is InChI=1S/C22H21ClN4O3S/c23-18-8-6-16(7-9-18)14-19(24-20(28)17-4-2-1-3-5-17)21-25-27(22(31)30-21)15-26-10-12-29-13-11-26/h1-9,14H,10-13,15H2,(H,24,28)/b19-14-. The summed E-state index contributed by atoms with van der Waals surface area (Å²) in [4.78, 5) is 15.2. The van der Waals surface area contributed by atoms with Crippen LogP contribution in [0.25, 0.3) is 11.8 Å². The molecule has 7 nitrogen and oxygen atoms in total. The molecule has 31 heavy (non-hydrogen) atoms. The third-order valence-corrected chi connectivity index (χ3v) is 5.29. The molecule has 9 heteroatoms. The van der Waals surface area contributed by atoms with Crippen LogP contribution >= 0.6 is 23.8 Å². The van der Waals surface area contributed by atoms with Crippen LogP contribution in [0.1, 0.15) is 21.8 Å². The maximum atomic E-state index is 12.8. The van der Waals surface area contributed by atoms with Crippen molar-refractivity contribution in [3.8, 4) is 0 Å². The van der Waals surface area contributed by atoms with Crippen LogP contribution in [0.15, 0.2) is 59.0 Å². The molecule has 0 bridgehead atoms. The number of morpholine rings is 1. The minimum atomic E-state index is -0.273. The highest BCUT2D eigenvalue weighted by molar-refractivity contribution is 7.71. The lowest BCUT2D eigenvalue weighted by Gasteiger charge is -2.25. The highest BCUT2D eigenvalue weighted by atomic mass is 35.5. The van der Waals surface area contributed by atoms with Crippen LogP contribution in [0.3, 0.4) is 0 Å². The van der Waals surface area contributed by atoms with Crippen molar-refractivity contribution < 1.29 is 13.9 Å². The lowest BCUT2D eigenvalue weighted by Crippen LogP contribution is -2.37. The molecule has 1 amide bonds. The molecule has 0 atom stereocenters. The van der Waals surface area contributed by atoms with Crippen molar-refractivity contribution in [2.45, 2.75) is 6.67 Å². The highest BCUT2D eigenvalue weighted by Gasteiger charge is 2.18. The first-order valence-electron chi connectivity index (χ1n) is 9.80. The minimum Gasteiger partial charge on any atom is -0.408 e. The first-order chi connectivity index (χ1) is 15.1. The Bertz CT molecular complexity index is 1120. The number of carbonyl (C=O) groups excluding carboxylic acids is 1. The van der Waals surface area contributed by atoms with Crippen molar-refractivity contribution in [2.24, 2.45) is 0 Å². The number of carbonyl (C=O) groups is 1. The van der Waals surface area contributed by atoms with Crippen molar-refractivity contribution in [3.05, 3.63) is 81.5 Å². The van der Waals surface area contributed by atoms with E-state index in [2.05, 4.69) is 15.3 Å². The summed E-state index contributed by atoms with van der Waals surface area (Å²) in [6.07, 6.45) is 1.77. The molecule has 1 aromatic heterocycles. The summed E-state index contributed by atoms with van der Waals surface area (Å²) in [5, 5.41) is 8.04. The van der Waals surface area contributed by atoms with E-state index in [4.69, 9.17) is 33.0 Å². The lowest BCUT2D eigenvalue weighted by molar-refractivity contribution is 0.0206. The number of ether oxygens (including phenoxy) is 1. The summed E-state index contributed by atoms with van der Waals surface area (Å²) in [6.45, 7) is 3.43. The fraction of sp³-hybridized carbons (Fsp3) is 0.227. The van der Waals surface area contributed by atoms with Gasteiger partial charge in [0.15, 0.2) is 0 Å². The molecular formula is C22H21ClN4O3S. The van der Waals surface area contributed by atoms with E-state index in [1.807, 2.05) is 18.2 Å². The summed E-state index contributed by atoms with van der Waals surface area (Å²) in [7, 11) is 0. The van der Waals surface area contributed by atoms with E-state index in [1.54, 1.807) is 47.2 Å². The predicted octanol–water partition coefficient (Wildman–Crippen LogP) is 4.08. The number of nitrogens with zero attached hydrogens (tertiary/aromatic N) is 3. The Kier molecular flexibility index (Phi) is 6.93. The van der Waals surface area contributed by atoms with Crippen LogP contribution in [0.4, 0.5) is 0 Å². The molecule has 1 fully saturated rings. The molecule has 1 N–H and O–H groups in total. The zero-order chi connectivity index (χ0) is 21.6. The van der Waals surface area contributed by atoms with Gasteiger partial charge in [-0.25, -0.2) is 4.68 Å². The van der Waals surface area contributed by atoms with Crippen LogP contribution in [-0.2, 0) is 11.4 Å². The molecule has 160 valence electrons. The smallest absolute Gasteiger partial charge is 0.288 e. The van der Waals surface area contributed by atoms with Gasteiger partial charge in [0.1, 0.15) is 5.70 Å². The zero-order valence-electron chi connectivity index (χ0n) is 16.7. The number of nitrogens with one attached hydrogen (secondary N) is 1. The molecule has 0 spiro atoms. The molecule has 0 aliphatic carbocycles. The van der Waals surface area contributed by atoms with Crippen molar-refractivity contribution in [3.63, 3.8) is 0 Å². The quantitative estimate of drug-likeness (QED) is 0.563. The Morgan fingerprint density at radius 2 is 1.84 bits per heavy atom. The Labute approximate surface area is 189 Å². The van der Waals surface area contributed by atoms with Gasteiger partial charge in [-0.15, -0.1) is 5.10 Å². The Hall–Kier alpha value is -2.78. The Morgan fingerprint density at radius 3 is 2.55 bits per heavy atom. The van der Waals surface area contributed by atoms with Gasteiger partial charge >= 0.3 is 0 Å². The van der Waals surface area contributed by atoms with Crippen LogP contribution in [0, 0.1) is 4.84 Å². The molecular weight excluding hydrogens is 436 g/mol. The van der Waals surface area contributed by atoms with E-state index in [9.17, 15) is 4.79 Å². The van der Waals surface area contributed by atoms with E-state index in [0.717, 1.165) is 18.7 Å². The van der Waals surface area contributed by atoms with Gasteiger partial charge in [0.05, 0.1) is 19.9 Å². The van der Waals surface area contributed by atoms with Crippen LogP contribution in [0.5, 0.6) is 0 Å². The van der Waals surface area contributed by atoms with Crippen LogP contribution in [0.2, 0.25) is 5.02 Å². The molecule has 0 unspecified atom stereocenters. The Balaban J connectivity index is 1.63. The van der Waals surface area contributed by atoms with Gasteiger partial charge in [0.2, 0.25) is 0 Å². The first-order valence-corrected chi connectivity index (χ1v) is 10.6. The number of amides is 1. The summed E-state index contributed by atoms with van der Waals surface area (Å²) >= 11 is 11.4. The van der Waals surface area contributed by atoms with Gasteiger partial charge < -0.3 is 14.5 Å². The Morgan fingerprint density at radius 1 is 1.13 bits per heavy atom. The summed E-state index contributed by atoms with van der Waals surface area (Å²) in [5.41, 5.74) is 1.76. The second-order valence-electron chi connectivity index (χ2n) is 6.97. The lowest BCUT2D eigenvalue weighted by atomic mass is 10.1. The largest absolute Gasteiger partial charge is 0.408 e. The normalized spacial score (nSPS) is 15.1. The fourth-order valence-corrected chi connectivity index (χ4v) is 3.40. The molecule has 1 aliphatic heterocycles. The predicted molar refractivity (Wildman–Crippen MR) is 121 cm³/mol. The van der Waals surface area contributed by atoms with Gasteiger partial charge in [0.25, 0.3) is 16.6 Å². The van der Waals surface area contributed by atoms with Gasteiger partial charge in [-0.2, -0.15) is 0 Å². The van der Waals surface area contributed by atoms with E-state index >= 15 is 0 Å². The maximum Gasteiger partial charge on any atom is 0.288 e. The van der Waals surface area contributed by atoms with Crippen LogP contribution < -0.4 is 5.32 Å². The van der Waals surface area contributed by atoms with Gasteiger partial charge in [-0.3, -0.25) is 9.69 Å². The van der Waals surface area contributed by atoms with Crippen molar-refractivity contribution >= 4 is 41.5 Å². The molecule has 2 heterocycles. The molecule has 0 radical (unpaired) electrons. The van der Waals surface area contributed by atoms with Crippen molar-refractivity contribution in [1.29, 1.82) is 0 Å². The van der Waals surface area contributed by atoms with Gasteiger partial charge in [0, 0.05) is 23.7 Å². The average Bonchev–Trinajstić information content (AvgIpc) is 3.16. The van der Waals surface area contributed by atoms with E-state index in [0.29, 0.717) is 36.2 Å². The molecule has 1 aliphatic rings. The maximum absolute atomic E-state index is 12.8. The number of hydrogen-bond acceptors (Lipinski definition) is 6. The zero-order valence-corrected chi connectivity index (χ0v) is 18.2. The van der Waals surface area contributed by atoms with Crippen molar-refractivity contribution in [1.82, 2.24) is 20.0 Å². The van der Waals surface area contributed by atoms with Crippen LogP contribution in [-0.4, -0.2) is 46.9 Å². The summed E-state index contributed by atoms with van der Waals surface area (Å²) in [5.74, 6) is -0.0397. The fourth-order valence-electron chi connectivity index (χ4n) is 3.10. The first kappa shape index (κ1) is 21.5. The molecule has 1 saturated heterocycles. The minimum absolute atomic E-state index is 0.234. The molecule has 0 saturated carbocycles.